The van der Waals surface area contributed by atoms with Crippen LogP contribution in [-0.4, -0.2) is 184 Å². The number of nitrogens with zero attached hydrogens (tertiary/aromatic N) is 2. The summed E-state index contributed by atoms with van der Waals surface area (Å²) in [6.45, 7) is 12.3. The van der Waals surface area contributed by atoms with E-state index in [1.165, 1.54) is 29.2 Å². The molecule has 0 unspecified atom stereocenters. The minimum atomic E-state index is -1.70. The van der Waals surface area contributed by atoms with Crippen LogP contribution in [0.4, 0.5) is 0 Å². The molecular formula is C54H87N15O16. The van der Waals surface area contributed by atoms with Crippen LogP contribution in [0.25, 0.3) is 0 Å². The van der Waals surface area contributed by atoms with Gasteiger partial charge in [0.2, 0.25) is 65.0 Å². The molecule has 0 bridgehead atoms. The van der Waals surface area contributed by atoms with Crippen LogP contribution >= 0.6 is 0 Å². The van der Waals surface area contributed by atoms with Gasteiger partial charge in [-0.3, -0.25) is 62.5 Å². The van der Waals surface area contributed by atoms with Crippen molar-refractivity contribution in [3.05, 3.63) is 29.8 Å². The molecule has 1 aromatic carbocycles. The van der Waals surface area contributed by atoms with Crippen molar-refractivity contribution in [1.29, 1.82) is 0 Å². The summed E-state index contributed by atoms with van der Waals surface area (Å²) < 4.78 is 0. The molecule has 1 fully saturated rings. The Labute approximate surface area is 492 Å². The van der Waals surface area contributed by atoms with Crippen LogP contribution in [-0.2, 0) is 68.7 Å². The highest BCUT2D eigenvalue weighted by Crippen LogP contribution is 2.18. The minimum Gasteiger partial charge on any atom is -0.508 e. The average molecular weight is 1200 g/mol. The molecule has 1 heterocycles. The van der Waals surface area contributed by atoms with Crippen molar-refractivity contribution in [1.82, 2.24) is 52.8 Å². The Balaban J connectivity index is 2.35. The summed E-state index contributed by atoms with van der Waals surface area (Å²) in [5.74, 6) is -15.0. The number of phenols is 1. The number of aromatic hydroxyl groups is 1. The van der Waals surface area contributed by atoms with Gasteiger partial charge in [0, 0.05) is 32.4 Å². The molecule has 0 saturated carbocycles. The van der Waals surface area contributed by atoms with E-state index in [0.717, 1.165) is 0 Å². The number of nitrogens with two attached hydrogens (primary N) is 4. The predicted molar refractivity (Wildman–Crippen MR) is 306 cm³/mol. The third-order valence-electron chi connectivity index (χ3n) is 13.6. The highest BCUT2D eigenvalue weighted by Gasteiger charge is 2.38. The second kappa shape index (κ2) is 35.5. The van der Waals surface area contributed by atoms with E-state index >= 15 is 0 Å². The number of hydrogen-bond donors (Lipinski definition) is 16. The van der Waals surface area contributed by atoms with Crippen LogP contribution in [0, 0.1) is 23.7 Å². The van der Waals surface area contributed by atoms with E-state index in [9.17, 15) is 77.6 Å². The largest absolute Gasteiger partial charge is 0.508 e. The number of carboxylic acids is 2. The number of aliphatic imine (C=N–C) groups is 1. The lowest BCUT2D eigenvalue weighted by Gasteiger charge is -2.31. The zero-order valence-electron chi connectivity index (χ0n) is 49.4. The third kappa shape index (κ3) is 25.0. The Morgan fingerprint density at radius 2 is 1.00 bits per heavy atom. The number of primary amides is 1. The molecule has 1 aliphatic rings. The first-order chi connectivity index (χ1) is 39.8. The molecule has 31 nitrogen and oxygen atoms in total. The fourth-order valence-electron chi connectivity index (χ4n) is 8.84. The van der Waals surface area contributed by atoms with Crippen LogP contribution in [0.15, 0.2) is 29.3 Å². The van der Waals surface area contributed by atoms with Crippen molar-refractivity contribution in [2.75, 3.05) is 26.2 Å². The molecular weight excluding hydrogens is 1110 g/mol. The normalized spacial score (nSPS) is 15.8. The van der Waals surface area contributed by atoms with Gasteiger partial charge in [-0.2, -0.15) is 0 Å². The molecule has 1 saturated heterocycles. The number of benzene rings is 1. The maximum absolute atomic E-state index is 14.2. The third-order valence-corrected chi connectivity index (χ3v) is 13.6. The van der Waals surface area contributed by atoms with Crippen LogP contribution in [0.3, 0.4) is 0 Å². The maximum atomic E-state index is 14.2. The molecule has 31 heteroatoms. The quantitative estimate of drug-likeness (QED) is 0.0172. The number of likely N-dealkylation sites (tertiary alicyclic amines) is 1. The number of nitrogens with one attached hydrogen (secondary N) is 9. The predicted octanol–water partition coefficient (Wildman–Crippen LogP) is -4.23. The molecule has 20 N–H and O–H groups in total. The first-order valence-corrected chi connectivity index (χ1v) is 28.0. The number of carboxylic acid groups (broad SMARTS) is 2. The van der Waals surface area contributed by atoms with Gasteiger partial charge in [0.25, 0.3) is 0 Å². The van der Waals surface area contributed by atoms with Gasteiger partial charge in [-0.05, 0) is 79.9 Å². The first-order valence-electron chi connectivity index (χ1n) is 28.0. The van der Waals surface area contributed by atoms with Crippen molar-refractivity contribution < 1.29 is 77.6 Å². The Hall–Kier alpha value is -8.64. The van der Waals surface area contributed by atoms with Crippen molar-refractivity contribution in [3.8, 4) is 5.75 Å². The lowest BCUT2D eigenvalue weighted by molar-refractivity contribution is -0.142. The first kappa shape index (κ1) is 72.5. The monoisotopic (exact) mass is 1200 g/mol. The van der Waals surface area contributed by atoms with Crippen LogP contribution in [0.2, 0.25) is 0 Å². The molecule has 0 aliphatic carbocycles. The van der Waals surface area contributed by atoms with Gasteiger partial charge in [-0.1, -0.05) is 67.5 Å². The van der Waals surface area contributed by atoms with Gasteiger partial charge in [0.15, 0.2) is 5.96 Å². The van der Waals surface area contributed by atoms with E-state index < -0.39 is 187 Å². The number of phenolic OH excluding ortho intramolecular Hbond substituents is 1. The topological polar surface area (TPSA) is 511 Å². The number of carbonyl (C=O) groups is 13. The molecule has 474 valence electrons. The van der Waals surface area contributed by atoms with E-state index in [0.29, 0.717) is 24.9 Å². The molecule has 1 aliphatic heterocycles. The lowest BCUT2D eigenvalue weighted by Crippen LogP contribution is -2.62. The van der Waals surface area contributed by atoms with E-state index in [2.05, 4.69) is 52.8 Å². The highest BCUT2D eigenvalue weighted by molar-refractivity contribution is 5.99. The average Bonchev–Trinajstić information content (AvgIpc) is 3.99. The number of carbonyl (C=O) groups excluding carboxylic acids is 11. The van der Waals surface area contributed by atoms with E-state index in [1.807, 2.05) is 0 Å². The summed E-state index contributed by atoms with van der Waals surface area (Å²) in [5.41, 5.74) is 22.2. The summed E-state index contributed by atoms with van der Waals surface area (Å²) in [7, 11) is 0. The fraction of sp³-hybridized carbons (Fsp3) is 0.630. The zero-order valence-corrected chi connectivity index (χ0v) is 49.4. The smallest absolute Gasteiger partial charge is 0.326 e. The molecule has 2 rings (SSSR count). The SMILES string of the molecule is CC(C)[C@H](NC(=O)CNC(=O)[C@@H]1CCCN1C(=O)CN)C(=O)N[C@H](C(=O)N[C@H](C(=O)N[C@H](C(=O)N[C@@H](CCC(=O)O)C(=O)N[C@@H](CCCN=C(N)N)C(=O)N[C@@H](CCC(N)=O)C(=O)N[C@@H](Cc1ccc(O)cc1)C(=O)O)C(C)C)C(C)C)C(C)C. The number of hydrogen-bond acceptors (Lipinski definition) is 16. The molecule has 0 spiro atoms. The van der Waals surface area contributed by atoms with Crippen molar-refractivity contribution in [2.24, 2.45) is 51.6 Å². The molecule has 85 heavy (non-hydrogen) atoms. The van der Waals surface area contributed by atoms with Gasteiger partial charge >= 0.3 is 11.9 Å². The molecule has 11 amide bonds. The number of guanidine groups is 1. The number of rotatable bonds is 36. The fourth-order valence-corrected chi connectivity index (χ4v) is 8.84. The maximum Gasteiger partial charge on any atom is 0.326 e. The van der Waals surface area contributed by atoms with Gasteiger partial charge < -0.3 is 91.0 Å². The van der Waals surface area contributed by atoms with Gasteiger partial charge in [-0.15, -0.1) is 0 Å². The summed E-state index contributed by atoms with van der Waals surface area (Å²) in [6, 6.07) is -7.12. The zero-order chi connectivity index (χ0) is 64.4. The second-order valence-corrected chi connectivity index (χ2v) is 22.0. The van der Waals surface area contributed by atoms with Crippen molar-refractivity contribution in [3.63, 3.8) is 0 Å². The summed E-state index contributed by atoms with van der Waals surface area (Å²) in [5, 5.41) is 51.9. The van der Waals surface area contributed by atoms with Crippen LogP contribution in [0.5, 0.6) is 5.75 Å². The van der Waals surface area contributed by atoms with Crippen molar-refractivity contribution in [2.45, 2.75) is 168 Å². The van der Waals surface area contributed by atoms with Crippen molar-refractivity contribution >= 4 is 82.9 Å². The second-order valence-electron chi connectivity index (χ2n) is 22.0. The van der Waals surface area contributed by atoms with Gasteiger partial charge in [-0.25, -0.2) is 4.79 Å². The van der Waals surface area contributed by atoms with Gasteiger partial charge in [0.05, 0.1) is 13.1 Å². The standard InChI is InChI=1S/C54H87N15O16/c1-26(2)41(65-38(72)25-60-48(79)36-12-10-22-69(36)39(73)24-55)50(81)67-43(28(5)6)52(83)68-44(29(7)8)51(82)66-42(27(3)4)49(80)63-34(18-20-40(74)75)46(77)61-32(11-9-21-59-54(57)58)45(76)62-33(17-19-37(56)71)47(78)64-35(53(84)85)23-30-13-15-31(70)16-14-30/h13-16,26-29,32-36,41-44,70H,9-12,17-25,55H2,1-8H3,(H2,56,71)(H,60,79)(H,61,77)(H,62,76)(H,63,80)(H,64,78)(H,65,72)(H,66,82)(H,67,81)(H,68,83)(H,74,75)(H,84,85)(H4,57,58,59)/t32-,33-,34-,35-,36-,41-,42-,43-,44-/m0/s1. The Morgan fingerprint density at radius 3 is 1.42 bits per heavy atom. The van der Waals surface area contributed by atoms with E-state index in [4.69, 9.17) is 22.9 Å². The summed E-state index contributed by atoms with van der Waals surface area (Å²) >= 11 is 0. The highest BCUT2D eigenvalue weighted by atomic mass is 16.4. The summed E-state index contributed by atoms with van der Waals surface area (Å²) in [4.78, 5) is 178. The number of amides is 11. The molecule has 1 aromatic rings. The lowest BCUT2D eigenvalue weighted by atomic mass is 9.97. The number of aliphatic carboxylic acids is 2. The molecule has 0 aromatic heterocycles. The minimum absolute atomic E-state index is 0.00859. The van der Waals surface area contributed by atoms with E-state index in [1.54, 1.807) is 55.4 Å². The Kier molecular flexibility index (Phi) is 30.3. The summed E-state index contributed by atoms with van der Waals surface area (Å²) in [6.07, 6.45) is -1.71. The van der Waals surface area contributed by atoms with Gasteiger partial charge in [0.1, 0.15) is 60.1 Å². The van der Waals surface area contributed by atoms with Crippen LogP contribution < -0.4 is 70.8 Å². The van der Waals surface area contributed by atoms with Crippen LogP contribution in [0.1, 0.15) is 112 Å². The van der Waals surface area contributed by atoms with E-state index in [-0.39, 0.29) is 44.1 Å². The Morgan fingerprint density at radius 1 is 0.576 bits per heavy atom. The Bertz CT molecular complexity index is 2560. The molecule has 0 radical (unpaired) electrons. The molecule has 9 atom stereocenters.